The zero-order chi connectivity index (χ0) is 15.4. The number of halogens is 2. The van der Waals surface area contributed by atoms with E-state index in [2.05, 4.69) is 10.3 Å². The Labute approximate surface area is 135 Å². The van der Waals surface area contributed by atoms with Crippen LogP contribution in [-0.4, -0.2) is 16.8 Å². The van der Waals surface area contributed by atoms with E-state index in [1.165, 1.54) is 24.3 Å². The topological polar surface area (TPSA) is 68.0 Å². The second kappa shape index (κ2) is 7.87. The van der Waals surface area contributed by atoms with Crippen LogP contribution in [0.4, 0.5) is 10.2 Å². The number of Topliss-reactive ketones (excluding diaryl/α,β-unsaturated/α-hetero) is 1. The molecule has 118 valence electrons. The lowest BCUT2D eigenvalue weighted by Gasteiger charge is -2.14. The van der Waals surface area contributed by atoms with Crippen molar-refractivity contribution in [2.75, 3.05) is 5.32 Å². The first-order chi connectivity index (χ1) is 9.97. The molecule has 2 rings (SSSR count). The normalized spacial score (nSPS) is 11.7. The van der Waals surface area contributed by atoms with Crippen molar-refractivity contribution in [2.24, 2.45) is 5.73 Å². The highest BCUT2D eigenvalue weighted by Gasteiger charge is 2.18. The Bertz CT molecular complexity index is 632. The van der Waals surface area contributed by atoms with Crippen molar-refractivity contribution in [1.82, 2.24) is 4.98 Å². The molecule has 0 aliphatic heterocycles. The number of rotatable bonds is 5. The number of hydrogen-bond acceptors (Lipinski definition) is 4. The van der Waals surface area contributed by atoms with Crippen LogP contribution < -0.4 is 11.1 Å². The van der Waals surface area contributed by atoms with Gasteiger partial charge in [-0.05, 0) is 55.8 Å². The van der Waals surface area contributed by atoms with Crippen molar-refractivity contribution in [3.8, 4) is 0 Å². The third kappa shape index (κ3) is 4.51. The summed E-state index contributed by atoms with van der Waals surface area (Å²) in [4.78, 5) is 16.5. The second-order valence-electron chi connectivity index (χ2n) is 5.12. The van der Waals surface area contributed by atoms with Crippen LogP contribution in [-0.2, 0) is 0 Å². The molecular weight excluding hydrogens is 305 g/mol. The molecule has 1 aromatic heterocycles. The van der Waals surface area contributed by atoms with E-state index in [9.17, 15) is 9.18 Å². The van der Waals surface area contributed by atoms with E-state index >= 15 is 0 Å². The Kier molecular flexibility index (Phi) is 6.46. The molecule has 0 saturated heterocycles. The highest BCUT2D eigenvalue weighted by Crippen LogP contribution is 2.19. The van der Waals surface area contributed by atoms with Crippen LogP contribution >= 0.6 is 12.4 Å². The summed E-state index contributed by atoms with van der Waals surface area (Å²) in [7, 11) is 0. The fraction of sp³-hybridized carbons (Fsp3) is 0.250. The smallest absolute Gasteiger partial charge is 0.184 e. The van der Waals surface area contributed by atoms with Crippen LogP contribution in [0.25, 0.3) is 0 Å². The minimum Gasteiger partial charge on any atom is -0.368 e. The fourth-order valence-electron chi connectivity index (χ4n) is 1.96. The number of carbonyl (C=O) groups excluding carboxylic acids is 1. The van der Waals surface area contributed by atoms with Crippen molar-refractivity contribution in [1.29, 1.82) is 0 Å². The van der Waals surface area contributed by atoms with E-state index in [1.807, 2.05) is 13.8 Å². The standard InChI is InChI=1S/C16H18FN3O.ClH/c1-10(2)20-14-9-12(7-8-19-14)15(18)16(21)11-3-5-13(17)6-4-11;/h3-10,15H,18H2,1-2H3,(H,19,20);1H. The number of carbonyl (C=O) groups is 1. The number of nitrogens with two attached hydrogens (primary N) is 1. The zero-order valence-electron chi connectivity index (χ0n) is 12.4. The van der Waals surface area contributed by atoms with Gasteiger partial charge in [-0.15, -0.1) is 12.4 Å². The first-order valence-corrected chi connectivity index (χ1v) is 6.75. The Morgan fingerprint density at radius 2 is 1.86 bits per heavy atom. The molecular formula is C16H19ClFN3O. The molecule has 0 saturated carbocycles. The largest absolute Gasteiger partial charge is 0.368 e. The summed E-state index contributed by atoms with van der Waals surface area (Å²) in [6.07, 6.45) is 1.61. The van der Waals surface area contributed by atoms with Gasteiger partial charge in [-0.2, -0.15) is 0 Å². The molecule has 0 radical (unpaired) electrons. The number of ketones is 1. The van der Waals surface area contributed by atoms with Crippen LogP contribution in [0.15, 0.2) is 42.6 Å². The average Bonchev–Trinajstić information content (AvgIpc) is 2.46. The van der Waals surface area contributed by atoms with E-state index in [1.54, 1.807) is 18.3 Å². The van der Waals surface area contributed by atoms with E-state index in [-0.39, 0.29) is 30.0 Å². The SMILES string of the molecule is CC(C)Nc1cc(C(N)C(=O)c2ccc(F)cc2)ccn1.Cl. The number of nitrogens with one attached hydrogen (secondary N) is 1. The van der Waals surface area contributed by atoms with Crippen LogP contribution in [0.3, 0.4) is 0 Å². The van der Waals surface area contributed by atoms with Gasteiger partial charge in [0.15, 0.2) is 5.78 Å². The van der Waals surface area contributed by atoms with E-state index in [4.69, 9.17) is 5.73 Å². The van der Waals surface area contributed by atoms with Crippen molar-refractivity contribution in [3.63, 3.8) is 0 Å². The summed E-state index contributed by atoms with van der Waals surface area (Å²) < 4.78 is 12.9. The Hall–Kier alpha value is -1.98. The maximum atomic E-state index is 12.9. The van der Waals surface area contributed by atoms with Crippen LogP contribution in [0.1, 0.15) is 35.8 Å². The molecule has 2 aromatic rings. The molecule has 0 amide bonds. The summed E-state index contributed by atoms with van der Waals surface area (Å²) >= 11 is 0. The summed E-state index contributed by atoms with van der Waals surface area (Å²) in [6.45, 7) is 4.00. The fourth-order valence-corrected chi connectivity index (χ4v) is 1.96. The van der Waals surface area contributed by atoms with E-state index in [0.717, 1.165) is 0 Å². The van der Waals surface area contributed by atoms with Gasteiger partial charge in [0.2, 0.25) is 0 Å². The van der Waals surface area contributed by atoms with E-state index in [0.29, 0.717) is 16.9 Å². The van der Waals surface area contributed by atoms with Gasteiger partial charge in [0.05, 0.1) is 6.04 Å². The summed E-state index contributed by atoms with van der Waals surface area (Å²) in [5.74, 6) is 0.0361. The molecule has 1 unspecified atom stereocenters. The zero-order valence-corrected chi connectivity index (χ0v) is 13.2. The Morgan fingerprint density at radius 3 is 2.45 bits per heavy atom. The molecule has 0 aliphatic carbocycles. The monoisotopic (exact) mass is 323 g/mol. The molecule has 0 spiro atoms. The van der Waals surface area contributed by atoms with Crippen molar-refractivity contribution in [2.45, 2.75) is 25.9 Å². The lowest BCUT2D eigenvalue weighted by atomic mass is 9.99. The maximum absolute atomic E-state index is 12.9. The number of hydrogen-bond donors (Lipinski definition) is 2. The predicted molar refractivity (Wildman–Crippen MR) is 87.9 cm³/mol. The molecule has 1 atom stereocenters. The highest BCUT2D eigenvalue weighted by atomic mass is 35.5. The van der Waals surface area contributed by atoms with Crippen LogP contribution in [0, 0.1) is 5.82 Å². The van der Waals surface area contributed by atoms with Gasteiger partial charge >= 0.3 is 0 Å². The third-order valence-corrected chi connectivity index (χ3v) is 2.99. The van der Waals surface area contributed by atoms with Crippen molar-refractivity contribution >= 4 is 24.0 Å². The third-order valence-electron chi connectivity index (χ3n) is 2.99. The van der Waals surface area contributed by atoms with Gasteiger partial charge < -0.3 is 11.1 Å². The van der Waals surface area contributed by atoms with Gasteiger partial charge in [0.25, 0.3) is 0 Å². The number of aromatic nitrogens is 1. The number of benzene rings is 1. The lowest BCUT2D eigenvalue weighted by Crippen LogP contribution is -2.22. The highest BCUT2D eigenvalue weighted by molar-refractivity contribution is 6.00. The molecule has 0 bridgehead atoms. The molecule has 0 fully saturated rings. The van der Waals surface area contributed by atoms with Gasteiger partial charge in [-0.3, -0.25) is 4.79 Å². The Morgan fingerprint density at radius 1 is 1.23 bits per heavy atom. The number of nitrogens with zero attached hydrogens (tertiary/aromatic N) is 1. The summed E-state index contributed by atoms with van der Waals surface area (Å²) in [6, 6.07) is 8.26. The number of anilines is 1. The Balaban J connectivity index is 0.00000242. The molecule has 1 aromatic carbocycles. The number of pyridine rings is 1. The molecule has 22 heavy (non-hydrogen) atoms. The molecule has 6 heteroatoms. The van der Waals surface area contributed by atoms with Gasteiger partial charge in [-0.25, -0.2) is 9.37 Å². The molecule has 3 N–H and O–H groups in total. The maximum Gasteiger partial charge on any atom is 0.184 e. The minimum atomic E-state index is -0.800. The van der Waals surface area contributed by atoms with Crippen LogP contribution in [0.2, 0.25) is 0 Å². The minimum absolute atomic E-state index is 0. The summed E-state index contributed by atoms with van der Waals surface area (Å²) in [5.41, 5.74) is 7.07. The summed E-state index contributed by atoms with van der Waals surface area (Å²) in [5, 5.41) is 3.16. The lowest BCUT2D eigenvalue weighted by molar-refractivity contribution is 0.0961. The first kappa shape index (κ1) is 18.1. The quantitative estimate of drug-likeness (QED) is 0.828. The first-order valence-electron chi connectivity index (χ1n) is 6.75. The van der Waals surface area contributed by atoms with Crippen molar-refractivity contribution in [3.05, 3.63) is 59.5 Å². The average molecular weight is 324 g/mol. The van der Waals surface area contributed by atoms with Crippen LogP contribution in [0.5, 0.6) is 0 Å². The second-order valence-corrected chi connectivity index (χ2v) is 5.12. The van der Waals surface area contributed by atoms with Crippen molar-refractivity contribution < 1.29 is 9.18 Å². The molecule has 4 nitrogen and oxygen atoms in total. The molecule has 1 heterocycles. The van der Waals surface area contributed by atoms with Gasteiger partial charge in [0.1, 0.15) is 11.6 Å². The molecule has 0 aliphatic rings. The van der Waals surface area contributed by atoms with Gasteiger partial charge in [-0.1, -0.05) is 0 Å². The van der Waals surface area contributed by atoms with E-state index < -0.39 is 6.04 Å². The predicted octanol–water partition coefficient (Wildman–Crippen LogP) is 3.35. The van der Waals surface area contributed by atoms with Gasteiger partial charge in [0, 0.05) is 17.8 Å².